The maximum Gasteiger partial charge on any atom is 0.0581 e. The van der Waals surface area contributed by atoms with Crippen molar-refractivity contribution in [1.82, 2.24) is 0 Å². The molecule has 1 nitrogen and oxygen atoms in total. The molecule has 0 aliphatic carbocycles. The van der Waals surface area contributed by atoms with E-state index in [1.54, 1.807) is 6.07 Å². The molecule has 0 bridgehead atoms. The van der Waals surface area contributed by atoms with Gasteiger partial charge in [0.1, 0.15) is 0 Å². The SMILES string of the molecule is CC(C)CCCC(O)Cc1ccc(Cl)cc1Cl. The van der Waals surface area contributed by atoms with Gasteiger partial charge in [-0.3, -0.25) is 0 Å². The van der Waals surface area contributed by atoms with E-state index in [0.717, 1.165) is 24.8 Å². The summed E-state index contributed by atoms with van der Waals surface area (Å²) in [6, 6.07) is 5.42. The summed E-state index contributed by atoms with van der Waals surface area (Å²) in [5, 5.41) is 11.2. The van der Waals surface area contributed by atoms with Gasteiger partial charge in [0.25, 0.3) is 0 Å². The number of hydrogen-bond acceptors (Lipinski definition) is 1. The monoisotopic (exact) mass is 274 g/mol. The molecule has 0 aromatic heterocycles. The molecule has 1 atom stereocenters. The van der Waals surface area contributed by atoms with Crippen molar-refractivity contribution in [1.29, 1.82) is 0 Å². The fraction of sp³-hybridized carbons (Fsp3) is 0.571. The molecule has 1 N–H and O–H groups in total. The Morgan fingerprint density at radius 3 is 2.47 bits per heavy atom. The van der Waals surface area contributed by atoms with E-state index in [0.29, 0.717) is 22.4 Å². The Morgan fingerprint density at radius 2 is 1.88 bits per heavy atom. The van der Waals surface area contributed by atoms with Gasteiger partial charge in [0.15, 0.2) is 0 Å². The van der Waals surface area contributed by atoms with E-state index in [4.69, 9.17) is 23.2 Å². The van der Waals surface area contributed by atoms with Gasteiger partial charge < -0.3 is 5.11 Å². The molecule has 1 unspecified atom stereocenters. The summed E-state index contributed by atoms with van der Waals surface area (Å²) < 4.78 is 0. The molecule has 0 saturated carbocycles. The van der Waals surface area contributed by atoms with Crippen LogP contribution < -0.4 is 0 Å². The van der Waals surface area contributed by atoms with Crippen molar-refractivity contribution in [2.24, 2.45) is 5.92 Å². The number of hydrogen-bond donors (Lipinski definition) is 1. The van der Waals surface area contributed by atoms with Crippen molar-refractivity contribution in [3.05, 3.63) is 33.8 Å². The lowest BCUT2D eigenvalue weighted by atomic mass is 10.0. The van der Waals surface area contributed by atoms with Crippen molar-refractivity contribution in [2.45, 2.75) is 45.6 Å². The molecule has 1 aromatic carbocycles. The van der Waals surface area contributed by atoms with Crippen molar-refractivity contribution >= 4 is 23.2 Å². The minimum Gasteiger partial charge on any atom is -0.393 e. The van der Waals surface area contributed by atoms with E-state index in [1.807, 2.05) is 12.1 Å². The lowest BCUT2D eigenvalue weighted by Gasteiger charge is -2.12. The van der Waals surface area contributed by atoms with Gasteiger partial charge in [-0.1, -0.05) is 56.0 Å². The minimum atomic E-state index is -0.313. The summed E-state index contributed by atoms with van der Waals surface area (Å²) in [6.07, 6.45) is 3.34. The number of aliphatic hydroxyl groups is 1. The highest BCUT2D eigenvalue weighted by molar-refractivity contribution is 6.35. The third-order valence-electron chi connectivity index (χ3n) is 2.79. The predicted molar refractivity (Wildman–Crippen MR) is 74.9 cm³/mol. The van der Waals surface area contributed by atoms with Crippen LogP contribution in [0.3, 0.4) is 0 Å². The standard InChI is InChI=1S/C14H20Cl2O/c1-10(2)4-3-5-13(17)8-11-6-7-12(15)9-14(11)16/h6-7,9-10,13,17H,3-5,8H2,1-2H3. The lowest BCUT2D eigenvalue weighted by Crippen LogP contribution is -2.11. The van der Waals surface area contributed by atoms with E-state index in [1.165, 1.54) is 0 Å². The first kappa shape index (κ1) is 14.8. The molecule has 3 heteroatoms. The maximum absolute atomic E-state index is 9.92. The fourth-order valence-corrected chi connectivity index (χ4v) is 2.29. The minimum absolute atomic E-state index is 0.313. The Morgan fingerprint density at radius 1 is 1.18 bits per heavy atom. The van der Waals surface area contributed by atoms with Crippen LogP contribution in [0.4, 0.5) is 0 Å². The summed E-state index contributed by atoms with van der Waals surface area (Å²) >= 11 is 11.9. The predicted octanol–water partition coefficient (Wildman–Crippen LogP) is 4.72. The second-order valence-corrected chi connectivity index (χ2v) is 5.76. The van der Waals surface area contributed by atoms with Gasteiger partial charge in [-0.15, -0.1) is 0 Å². The van der Waals surface area contributed by atoms with Crippen LogP contribution in [0.25, 0.3) is 0 Å². The summed E-state index contributed by atoms with van der Waals surface area (Å²) in [5.41, 5.74) is 0.966. The largest absolute Gasteiger partial charge is 0.393 e. The fourth-order valence-electron chi connectivity index (χ4n) is 1.80. The second-order valence-electron chi connectivity index (χ2n) is 4.92. The van der Waals surface area contributed by atoms with Gasteiger partial charge >= 0.3 is 0 Å². The molecule has 0 heterocycles. The molecular formula is C14H20Cl2O. The molecular weight excluding hydrogens is 255 g/mol. The maximum atomic E-state index is 9.92. The number of halogens is 2. The van der Waals surface area contributed by atoms with E-state index < -0.39 is 0 Å². The van der Waals surface area contributed by atoms with Gasteiger partial charge in [-0.2, -0.15) is 0 Å². The summed E-state index contributed by atoms with van der Waals surface area (Å²) in [4.78, 5) is 0. The highest BCUT2D eigenvalue weighted by Crippen LogP contribution is 2.23. The van der Waals surface area contributed by atoms with Gasteiger partial charge in [0, 0.05) is 10.0 Å². The van der Waals surface area contributed by atoms with Gasteiger partial charge in [0.2, 0.25) is 0 Å². The quantitative estimate of drug-likeness (QED) is 0.796. The summed E-state index contributed by atoms with van der Waals surface area (Å²) in [7, 11) is 0. The highest BCUT2D eigenvalue weighted by Gasteiger charge is 2.09. The molecule has 96 valence electrons. The van der Waals surface area contributed by atoms with E-state index >= 15 is 0 Å². The van der Waals surface area contributed by atoms with Crippen LogP contribution in [-0.2, 0) is 6.42 Å². The molecule has 0 saturated heterocycles. The number of rotatable bonds is 6. The zero-order chi connectivity index (χ0) is 12.8. The first-order valence-electron chi connectivity index (χ1n) is 6.11. The molecule has 1 rings (SSSR count). The molecule has 17 heavy (non-hydrogen) atoms. The first-order valence-corrected chi connectivity index (χ1v) is 6.86. The molecule has 0 radical (unpaired) electrons. The zero-order valence-electron chi connectivity index (χ0n) is 10.4. The number of benzene rings is 1. The summed E-state index contributed by atoms with van der Waals surface area (Å²) in [6.45, 7) is 4.39. The average Bonchev–Trinajstić information content (AvgIpc) is 2.21. The van der Waals surface area contributed by atoms with Gasteiger partial charge in [0.05, 0.1) is 6.10 Å². The molecule has 0 spiro atoms. The molecule has 0 aliphatic heterocycles. The first-order chi connectivity index (χ1) is 7.99. The van der Waals surface area contributed by atoms with Crippen LogP contribution in [0.15, 0.2) is 18.2 Å². The lowest BCUT2D eigenvalue weighted by molar-refractivity contribution is 0.159. The van der Waals surface area contributed by atoms with Crippen molar-refractivity contribution in [2.75, 3.05) is 0 Å². The zero-order valence-corrected chi connectivity index (χ0v) is 11.9. The van der Waals surface area contributed by atoms with Crippen LogP contribution in [0.2, 0.25) is 10.0 Å². The van der Waals surface area contributed by atoms with Crippen LogP contribution in [-0.4, -0.2) is 11.2 Å². The van der Waals surface area contributed by atoms with Crippen LogP contribution in [0, 0.1) is 5.92 Å². The summed E-state index contributed by atoms with van der Waals surface area (Å²) in [5.74, 6) is 0.696. The van der Waals surface area contributed by atoms with Crippen molar-refractivity contribution in [3.8, 4) is 0 Å². The van der Waals surface area contributed by atoms with Crippen molar-refractivity contribution in [3.63, 3.8) is 0 Å². The van der Waals surface area contributed by atoms with Crippen molar-refractivity contribution < 1.29 is 5.11 Å². The Bertz CT molecular complexity index is 350. The second kappa shape index (κ2) is 7.25. The van der Waals surface area contributed by atoms with Crippen LogP contribution in [0.5, 0.6) is 0 Å². The Hall–Kier alpha value is -0.240. The molecule has 1 aromatic rings. The molecule has 0 fully saturated rings. The van der Waals surface area contributed by atoms with Crippen LogP contribution in [0.1, 0.15) is 38.7 Å². The highest BCUT2D eigenvalue weighted by atomic mass is 35.5. The van der Waals surface area contributed by atoms with Gasteiger partial charge in [-0.25, -0.2) is 0 Å². The van der Waals surface area contributed by atoms with E-state index in [9.17, 15) is 5.11 Å². The smallest absolute Gasteiger partial charge is 0.0581 e. The third-order valence-corrected chi connectivity index (χ3v) is 3.38. The van der Waals surface area contributed by atoms with E-state index in [2.05, 4.69) is 13.8 Å². The van der Waals surface area contributed by atoms with E-state index in [-0.39, 0.29) is 6.10 Å². The van der Waals surface area contributed by atoms with Crippen LogP contribution >= 0.6 is 23.2 Å². The Kier molecular flexibility index (Phi) is 6.32. The average molecular weight is 275 g/mol. The normalized spacial score (nSPS) is 13.1. The van der Waals surface area contributed by atoms with Gasteiger partial charge in [-0.05, 0) is 36.5 Å². The molecule has 0 aliphatic rings. The molecule has 0 amide bonds. The third kappa shape index (κ3) is 5.76. The Labute approximate surface area is 114 Å². The number of aliphatic hydroxyl groups excluding tert-OH is 1. The topological polar surface area (TPSA) is 20.2 Å². The Balaban J connectivity index is 2.42.